The number of amides is 2. The third kappa shape index (κ3) is 3.58. The van der Waals surface area contributed by atoms with Gasteiger partial charge in [0.25, 0.3) is 0 Å². The second-order valence-electron chi connectivity index (χ2n) is 4.11. The largest absolute Gasteiger partial charge is 0.416 e. The van der Waals surface area contributed by atoms with Crippen LogP contribution in [0.15, 0.2) is 60.7 Å². The molecule has 5 nitrogen and oxygen atoms in total. The first-order chi connectivity index (χ1) is 9.66. The van der Waals surface area contributed by atoms with E-state index in [1.165, 1.54) is 0 Å². The van der Waals surface area contributed by atoms with E-state index in [0.29, 0.717) is 0 Å². The Morgan fingerprint density at radius 2 is 1.35 bits per heavy atom. The lowest BCUT2D eigenvalue weighted by Crippen LogP contribution is -2.33. The van der Waals surface area contributed by atoms with Crippen LogP contribution in [0.3, 0.4) is 0 Å². The lowest BCUT2D eigenvalue weighted by atomic mass is 9.99. The quantitative estimate of drug-likeness (QED) is 0.841. The summed E-state index contributed by atoms with van der Waals surface area (Å²) in [4.78, 5) is 22.2. The van der Waals surface area contributed by atoms with Crippen LogP contribution < -0.4 is 11.1 Å². The number of alkyl carbamates (subject to hydrolysis) is 1. The van der Waals surface area contributed by atoms with E-state index in [-0.39, 0.29) is 0 Å². The number of hydrogen-bond donors (Lipinski definition) is 2. The van der Waals surface area contributed by atoms with E-state index < -0.39 is 18.2 Å². The third-order valence-corrected chi connectivity index (χ3v) is 2.72. The van der Waals surface area contributed by atoms with Crippen molar-refractivity contribution < 1.29 is 14.3 Å². The number of carbonyl (C=O) groups excluding carboxylic acids is 2. The average molecular weight is 270 g/mol. The maximum absolute atomic E-state index is 11.6. The summed E-state index contributed by atoms with van der Waals surface area (Å²) in [6.07, 6.45) is -2.02. The number of nitrogens with one attached hydrogen (secondary N) is 1. The Bertz CT molecular complexity index is 545. The Morgan fingerprint density at radius 3 is 1.75 bits per heavy atom. The maximum Gasteiger partial charge on any atom is 0.416 e. The van der Waals surface area contributed by atoms with Gasteiger partial charge in [0.1, 0.15) is 0 Å². The van der Waals surface area contributed by atoms with Crippen molar-refractivity contribution >= 4 is 12.2 Å². The molecule has 0 saturated carbocycles. The lowest BCUT2D eigenvalue weighted by molar-refractivity contribution is 0.155. The normalized spacial score (nSPS) is 10.1. The summed E-state index contributed by atoms with van der Waals surface area (Å²) < 4.78 is 4.31. The van der Waals surface area contributed by atoms with Crippen LogP contribution in [0.1, 0.15) is 17.2 Å². The minimum Gasteiger partial charge on any atom is -0.360 e. The number of benzene rings is 2. The van der Waals surface area contributed by atoms with Gasteiger partial charge in [-0.25, -0.2) is 9.59 Å². The molecule has 0 aliphatic carbocycles. The first-order valence-corrected chi connectivity index (χ1v) is 6.04. The van der Waals surface area contributed by atoms with Crippen molar-refractivity contribution in [2.45, 2.75) is 6.04 Å². The molecular formula is C15H14N2O3. The van der Waals surface area contributed by atoms with Crippen molar-refractivity contribution in [2.24, 2.45) is 5.73 Å². The van der Waals surface area contributed by atoms with Crippen LogP contribution >= 0.6 is 0 Å². The number of rotatable bonds is 3. The Labute approximate surface area is 116 Å². The molecule has 0 aliphatic rings. The van der Waals surface area contributed by atoms with Gasteiger partial charge in [-0.15, -0.1) is 0 Å². The third-order valence-electron chi connectivity index (χ3n) is 2.72. The molecule has 0 spiro atoms. The molecule has 0 saturated heterocycles. The van der Waals surface area contributed by atoms with Crippen molar-refractivity contribution in [3.05, 3.63) is 71.8 Å². The van der Waals surface area contributed by atoms with Crippen molar-refractivity contribution in [3.8, 4) is 0 Å². The molecule has 3 N–H and O–H groups in total. The fraction of sp³-hybridized carbons (Fsp3) is 0.0667. The fourth-order valence-corrected chi connectivity index (χ4v) is 1.89. The zero-order chi connectivity index (χ0) is 14.4. The van der Waals surface area contributed by atoms with Crippen molar-refractivity contribution in [1.29, 1.82) is 0 Å². The van der Waals surface area contributed by atoms with Gasteiger partial charge in [0, 0.05) is 0 Å². The van der Waals surface area contributed by atoms with Gasteiger partial charge in [-0.1, -0.05) is 60.7 Å². The van der Waals surface area contributed by atoms with E-state index >= 15 is 0 Å². The first kappa shape index (κ1) is 13.6. The van der Waals surface area contributed by atoms with Crippen LogP contribution in [-0.2, 0) is 4.74 Å². The number of primary amides is 1. The molecule has 2 amide bonds. The van der Waals surface area contributed by atoms with E-state index in [4.69, 9.17) is 5.73 Å². The zero-order valence-corrected chi connectivity index (χ0v) is 10.7. The minimum atomic E-state index is -1.14. The van der Waals surface area contributed by atoms with Crippen LogP contribution in [0.4, 0.5) is 9.59 Å². The molecule has 0 unspecified atom stereocenters. The summed E-state index contributed by atoms with van der Waals surface area (Å²) in [7, 11) is 0. The monoisotopic (exact) mass is 270 g/mol. The molecule has 2 aromatic carbocycles. The summed E-state index contributed by atoms with van der Waals surface area (Å²) in [6, 6.07) is 18.3. The molecule has 0 bridgehead atoms. The summed E-state index contributed by atoms with van der Waals surface area (Å²) in [5.74, 6) is 0. The van der Waals surface area contributed by atoms with Gasteiger partial charge in [-0.3, -0.25) is 0 Å². The van der Waals surface area contributed by atoms with Crippen LogP contribution in [-0.4, -0.2) is 12.2 Å². The van der Waals surface area contributed by atoms with Crippen molar-refractivity contribution in [3.63, 3.8) is 0 Å². The highest BCUT2D eigenvalue weighted by atomic mass is 16.6. The van der Waals surface area contributed by atoms with Crippen LogP contribution in [0.25, 0.3) is 0 Å². The molecule has 2 rings (SSSR count). The summed E-state index contributed by atoms with van der Waals surface area (Å²) >= 11 is 0. The molecule has 0 aromatic heterocycles. The summed E-state index contributed by atoms with van der Waals surface area (Å²) in [5.41, 5.74) is 6.57. The van der Waals surface area contributed by atoms with Crippen LogP contribution in [0.2, 0.25) is 0 Å². The standard InChI is InChI=1S/C15H14N2O3/c16-14(18)20-15(19)17-13(11-7-3-1-4-8-11)12-9-5-2-6-10-12/h1-10,13H,(H2,16,18)(H,17,19). The van der Waals surface area contributed by atoms with Gasteiger partial charge in [0.15, 0.2) is 0 Å². The number of hydrogen-bond acceptors (Lipinski definition) is 3. The topological polar surface area (TPSA) is 81.4 Å². The van der Waals surface area contributed by atoms with Gasteiger partial charge >= 0.3 is 12.2 Å². The Kier molecular flexibility index (Phi) is 4.34. The van der Waals surface area contributed by atoms with E-state index in [1.54, 1.807) is 0 Å². The molecule has 0 radical (unpaired) electrons. The fourth-order valence-electron chi connectivity index (χ4n) is 1.89. The minimum absolute atomic E-state index is 0.413. The molecule has 0 heterocycles. The van der Waals surface area contributed by atoms with E-state index in [0.717, 1.165) is 11.1 Å². The second kappa shape index (κ2) is 6.38. The Morgan fingerprint density at radius 1 is 0.900 bits per heavy atom. The molecule has 0 fully saturated rings. The highest BCUT2D eigenvalue weighted by Gasteiger charge is 2.18. The zero-order valence-electron chi connectivity index (χ0n) is 10.7. The highest BCUT2D eigenvalue weighted by Crippen LogP contribution is 2.21. The van der Waals surface area contributed by atoms with Gasteiger partial charge < -0.3 is 15.8 Å². The SMILES string of the molecule is NC(=O)OC(=O)NC(c1ccccc1)c1ccccc1. The number of nitrogens with two attached hydrogens (primary N) is 1. The molecule has 5 heteroatoms. The van der Waals surface area contributed by atoms with Crippen molar-refractivity contribution in [2.75, 3.05) is 0 Å². The van der Waals surface area contributed by atoms with Crippen LogP contribution in [0.5, 0.6) is 0 Å². The van der Waals surface area contributed by atoms with E-state index in [1.807, 2.05) is 60.7 Å². The highest BCUT2D eigenvalue weighted by molar-refractivity contribution is 5.82. The number of carbonyl (C=O) groups is 2. The predicted octanol–water partition coefficient (Wildman–Crippen LogP) is 2.58. The average Bonchev–Trinajstić information content (AvgIpc) is 2.46. The maximum atomic E-state index is 11.6. The summed E-state index contributed by atoms with van der Waals surface area (Å²) in [6.45, 7) is 0. The molecule has 20 heavy (non-hydrogen) atoms. The van der Waals surface area contributed by atoms with E-state index in [9.17, 15) is 9.59 Å². The van der Waals surface area contributed by atoms with Gasteiger partial charge in [0.05, 0.1) is 6.04 Å². The van der Waals surface area contributed by atoms with Crippen molar-refractivity contribution in [1.82, 2.24) is 5.32 Å². The van der Waals surface area contributed by atoms with E-state index in [2.05, 4.69) is 10.1 Å². The van der Waals surface area contributed by atoms with Gasteiger partial charge in [0.2, 0.25) is 0 Å². The smallest absolute Gasteiger partial charge is 0.360 e. The molecule has 102 valence electrons. The summed E-state index contributed by atoms with van der Waals surface area (Å²) in [5, 5.41) is 2.62. The molecule has 0 aliphatic heterocycles. The predicted molar refractivity (Wildman–Crippen MR) is 73.9 cm³/mol. The molecular weight excluding hydrogens is 256 g/mol. The molecule has 2 aromatic rings. The lowest BCUT2D eigenvalue weighted by Gasteiger charge is -2.18. The first-order valence-electron chi connectivity index (χ1n) is 6.04. The Hall–Kier alpha value is -2.82. The number of ether oxygens (including phenoxy) is 1. The second-order valence-corrected chi connectivity index (χ2v) is 4.11. The van der Waals surface area contributed by atoms with Crippen LogP contribution in [0, 0.1) is 0 Å². The molecule has 0 atom stereocenters. The van der Waals surface area contributed by atoms with Gasteiger partial charge in [-0.05, 0) is 11.1 Å². The Balaban J connectivity index is 2.26. The van der Waals surface area contributed by atoms with Gasteiger partial charge in [-0.2, -0.15) is 0 Å².